The standard InChI is InChI=1S/C11H17ClN4O/c1-4-5-13-10(17)7-16(3)9-6-8(2)14-11(12)15-9/h6H,4-5,7H2,1-3H3,(H,13,17). The lowest BCUT2D eigenvalue weighted by Crippen LogP contribution is -2.35. The number of carbonyl (C=O) groups is 1. The minimum absolute atomic E-state index is 0.0262. The van der Waals surface area contributed by atoms with Gasteiger partial charge in [-0.1, -0.05) is 6.92 Å². The molecular weight excluding hydrogens is 240 g/mol. The number of hydrogen-bond donors (Lipinski definition) is 1. The first kappa shape index (κ1) is 13.7. The molecular formula is C11H17ClN4O. The second kappa shape index (κ2) is 6.39. The summed E-state index contributed by atoms with van der Waals surface area (Å²) >= 11 is 5.76. The van der Waals surface area contributed by atoms with Crippen molar-refractivity contribution in [3.05, 3.63) is 17.0 Å². The zero-order chi connectivity index (χ0) is 12.8. The predicted octanol–water partition coefficient (Wildman–Crippen LogP) is 1.40. The first-order chi connectivity index (χ1) is 8.02. The van der Waals surface area contributed by atoms with Crippen LogP contribution in [-0.2, 0) is 4.79 Å². The van der Waals surface area contributed by atoms with Gasteiger partial charge in [0.05, 0.1) is 6.54 Å². The van der Waals surface area contributed by atoms with Crippen LogP contribution in [0.4, 0.5) is 5.82 Å². The number of amides is 1. The Morgan fingerprint density at radius 3 is 2.82 bits per heavy atom. The van der Waals surface area contributed by atoms with Crippen molar-refractivity contribution in [2.24, 2.45) is 0 Å². The summed E-state index contributed by atoms with van der Waals surface area (Å²) in [5.74, 6) is 0.621. The molecule has 0 spiro atoms. The van der Waals surface area contributed by atoms with Crippen LogP contribution < -0.4 is 10.2 Å². The van der Waals surface area contributed by atoms with E-state index in [1.54, 1.807) is 18.0 Å². The van der Waals surface area contributed by atoms with Gasteiger partial charge in [0.15, 0.2) is 0 Å². The number of likely N-dealkylation sites (N-methyl/N-ethyl adjacent to an activating group) is 1. The Labute approximate surface area is 106 Å². The largest absolute Gasteiger partial charge is 0.355 e. The van der Waals surface area contributed by atoms with Crippen molar-refractivity contribution in [3.63, 3.8) is 0 Å². The zero-order valence-corrected chi connectivity index (χ0v) is 11.1. The van der Waals surface area contributed by atoms with Crippen molar-refractivity contribution < 1.29 is 4.79 Å². The number of nitrogens with zero attached hydrogens (tertiary/aromatic N) is 3. The van der Waals surface area contributed by atoms with E-state index in [9.17, 15) is 4.79 Å². The van der Waals surface area contributed by atoms with Crippen LogP contribution in [0.3, 0.4) is 0 Å². The molecule has 0 aromatic carbocycles. The van der Waals surface area contributed by atoms with Gasteiger partial charge in [-0.3, -0.25) is 4.79 Å². The van der Waals surface area contributed by atoms with E-state index < -0.39 is 0 Å². The average Bonchev–Trinajstić information content (AvgIpc) is 2.25. The molecule has 0 saturated heterocycles. The van der Waals surface area contributed by atoms with E-state index in [-0.39, 0.29) is 17.7 Å². The maximum absolute atomic E-state index is 11.5. The molecule has 0 aliphatic rings. The van der Waals surface area contributed by atoms with E-state index in [1.165, 1.54) is 0 Å². The molecule has 1 aromatic rings. The van der Waals surface area contributed by atoms with E-state index in [0.717, 1.165) is 12.1 Å². The van der Waals surface area contributed by atoms with Gasteiger partial charge in [-0.15, -0.1) is 0 Å². The van der Waals surface area contributed by atoms with Crippen LogP contribution in [0.25, 0.3) is 0 Å². The van der Waals surface area contributed by atoms with Gasteiger partial charge >= 0.3 is 0 Å². The molecule has 1 aromatic heterocycles. The van der Waals surface area contributed by atoms with Gasteiger partial charge in [0, 0.05) is 25.4 Å². The molecule has 94 valence electrons. The summed E-state index contributed by atoms with van der Waals surface area (Å²) in [6, 6.07) is 1.79. The Hall–Kier alpha value is -1.36. The summed E-state index contributed by atoms with van der Waals surface area (Å²) < 4.78 is 0. The summed E-state index contributed by atoms with van der Waals surface area (Å²) in [5.41, 5.74) is 0.779. The monoisotopic (exact) mass is 256 g/mol. The summed E-state index contributed by atoms with van der Waals surface area (Å²) in [7, 11) is 1.80. The van der Waals surface area contributed by atoms with Gasteiger partial charge in [0.25, 0.3) is 0 Å². The van der Waals surface area contributed by atoms with E-state index in [0.29, 0.717) is 12.4 Å². The van der Waals surface area contributed by atoms with Crippen LogP contribution in [0.15, 0.2) is 6.07 Å². The molecule has 1 heterocycles. The fraction of sp³-hybridized carbons (Fsp3) is 0.545. The zero-order valence-electron chi connectivity index (χ0n) is 10.3. The number of halogens is 1. The Balaban J connectivity index is 2.63. The molecule has 0 fully saturated rings. The highest BCUT2D eigenvalue weighted by molar-refractivity contribution is 6.28. The smallest absolute Gasteiger partial charge is 0.239 e. The second-order valence-electron chi connectivity index (χ2n) is 3.84. The normalized spacial score (nSPS) is 10.1. The molecule has 17 heavy (non-hydrogen) atoms. The number of carbonyl (C=O) groups excluding carboxylic acids is 1. The first-order valence-electron chi connectivity index (χ1n) is 5.52. The SMILES string of the molecule is CCCNC(=O)CN(C)c1cc(C)nc(Cl)n1. The molecule has 0 bridgehead atoms. The van der Waals surface area contributed by atoms with Gasteiger partial charge in [0.1, 0.15) is 5.82 Å². The molecule has 1 N–H and O–H groups in total. The lowest BCUT2D eigenvalue weighted by molar-refractivity contribution is -0.119. The predicted molar refractivity (Wildman–Crippen MR) is 68.3 cm³/mol. The number of rotatable bonds is 5. The van der Waals surface area contributed by atoms with E-state index in [1.807, 2.05) is 13.8 Å². The van der Waals surface area contributed by atoms with Gasteiger partial charge in [-0.25, -0.2) is 9.97 Å². The van der Waals surface area contributed by atoms with Gasteiger partial charge < -0.3 is 10.2 Å². The second-order valence-corrected chi connectivity index (χ2v) is 4.18. The van der Waals surface area contributed by atoms with Crippen molar-refractivity contribution in [3.8, 4) is 0 Å². The fourth-order valence-electron chi connectivity index (χ4n) is 1.33. The van der Waals surface area contributed by atoms with Crippen molar-refractivity contribution in [2.75, 3.05) is 25.0 Å². The Morgan fingerprint density at radius 1 is 1.53 bits per heavy atom. The number of aryl methyl sites for hydroxylation is 1. The highest BCUT2D eigenvalue weighted by atomic mass is 35.5. The third-order valence-corrected chi connectivity index (χ3v) is 2.33. The summed E-state index contributed by atoms with van der Waals surface area (Å²) in [4.78, 5) is 21.3. The fourth-order valence-corrected chi connectivity index (χ4v) is 1.55. The lowest BCUT2D eigenvalue weighted by atomic mass is 10.4. The molecule has 0 aliphatic carbocycles. The first-order valence-corrected chi connectivity index (χ1v) is 5.89. The van der Waals surface area contributed by atoms with Crippen molar-refractivity contribution in [1.29, 1.82) is 0 Å². The lowest BCUT2D eigenvalue weighted by Gasteiger charge is -2.17. The quantitative estimate of drug-likeness (QED) is 0.809. The number of anilines is 1. The number of nitrogens with one attached hydrogen (secondary N) is 1. The maximum atomic E-state index is 11.5. The molecule has 5 nitrogen and oxygen atoms in total. The molecule has 0 saturated carbocycles. The molecule has 1 rings (SSSR count). The Kier molecular flexibility index (Phi) is 5.15. The number of aromatic nitrogens is 2. The third-order valence-electron chi connectivity index (χ3n) is 2.16. The summed E-state index contributed by atoms with van der Waals surface area (Å²) in [5, 5.41) is 3.00. The Morgan fingerprint density at radius 2 is 2.24 bits per heavy atom. The molecule has 0 radical (unpaired) electrons. The van der Waals surface area contributed by atoms with Crippen molar-refractivity contribution >= 4 is 23.3 Å². The third kappa shape index (κ3) is 4.56. The van der Waals surface area contributed by atoms with E-state index in [2.05, 4.69) is 15.3 Å². The van der Waals surface area contributed by atoms with Crippen LogP contribution in [-0.4, -0.2) is 36.0 Å². The number of hydrogen-bond acceptors (Lipinski definition) is 4. The molecule has 0 aliphatic heterocycles. The van der Waals surface area contributed by atoms with E-state index in [4.69, 9.17) is 11.6 Å². The van der Waals surface area contributed by atoms with Crippen molar-refractivity contribution in [2.45, 2.75) is 20.3 Å². The van der Waals surface area contributed by atoms with Crippen LogP contribution >= 0.6 is 11.6 Å². The minimum Gasteiger partial charge on any atom is -0.355 e. The van der Waals surface area contributed by atoms with Gasteiger partial charge in [-0.2, -0.15) is 0 Å². The van der Waals surface area contributed by atoms with Crippen LogP contribution in [0.5, 0.6) is 0 Å². The minimum atomic E-state index is -0.0262. The van der Waals surface area contributed by atoms with Crippen LogP contribution in [0.1, 0.15) is 19.0 Å². The Bertz CT molecular complexity index is 377. The maximum Gasteiger partial charge on any atom is 0.239 e. The topological polar surface area (TPSA) is 58.1 Å². The van der Waals surface area contributed by atoms with Crippen LogP contribution in [0.2, 0.25) is 5.28 Å². The van der Waals surface area contributed by atoms with E-state index >= 15 is 0 Å². The average molecular weight is 257 g/mol. The summed E-state index contributed by atoms with van der Waals surface area (Å²) in [6.07, 6.45) is 0.925. The molecule has 6 heteroatoms. The highest BCUT2D eigenvalue weighted by Gasteiger charge is 2.09. The molecule has 0 unspecified atom stereocenters. The van der Waals surface area contributed by atoms with Crippen molar-refractivity contribution in [1.82, 2.24) is 15.3 Å². The van der Waals surface area contributed by atoms with Crippen LogP contribution in [0, 0.1) is 6.92 Å². The molecule has 0 atom stereocenters. The van der Waals surface area contributed by atoms with Gasteiger partial charge in [-0.05, 0) is 24.9 Å². The summed E-state index contributed by atoms with van der Waals surface area (Å²) in [6.45, 7) is 4.79. The van der Waals surface area contributed by atoms with Gasteiger partial charge in [0.2, 0.25) is 11.2 Å². The molecule has 1 amide bonds. The highest BCUT2D eigenvalue weighted by Crippen LogP contribution is 2.12.